The second-order valence-corrected chi connectivity index (χ2v) is 4.72. The van der Waals surface area contributed by atoms with E-state index < -0.39 is 0 Å². The van der Waals surface area contributed by atoms with E-state index in [0.29, 0.717) is 0 Å². The molecule has 1 aromatic rings. The Hall–Kier alpha value is -0.440. The minimum atomic E-state index is 0.215. The number of rotatable bonds is 3. The highest BCUT2D eigenvalue weighted by Crippen LogP contribution is 2.20. The molecule has 3 heteroatoms. The lowest BCUT2D eigenvalue weighted by Crippen LogP contribution is -2.22. The summed E-state index contributed by atoms with van der Waals surface area (Å²) < 4.78 is 2.06. The van der Waals surface area contributed by atoms with Crippen LogP contribution in [-0.4, -0.2) is 15.5 Å². The van der Waals surface area contributed by atoms with Crippen molar-refractivity contribution in [1.29, 1.82) is 0 Å². The first-order chi connectivity index (χ1) is 5.94. The summed E-state index contributed by atoms with van der Waals surface area (Å²) in [7, 11) is 0. The summed E-state index contributed by atoms with van der Waals surface area (Å²) in [5.41, 5.74) is 2.53. The molecule has 13 heavy (non-hydrogen) atoms. The fourth-order valence-corrected chi connectivity index (χ4v) is 1.39. The second-order valence-electron chi connectivity index (χ2n) is 4.41. The number of hydrogen-bond donors (Lipinski definition) is 1. The van der Waals surface area contributed by atoms with Crippen molar-refractivity contribution < 1.29 is 0 Å². The molecule has 0 saturated heterocycles. The van der Waals surface area contributed by atoms with Gasteiger partial charge in [-0.3, -0.25) is 4.68 Å². The zero-order valence-corrected chi connectivity index (χ0v) is 9.73. The van der Waals surface area contributed by atoms with Crippen LogP contribution < -0.4 is 0 Å². The summed E-state index contributed by atoms with van der Waals surface area (Å²) in [6.07, 6.45) is 0. The largest absolute Gasteiger partial charge is 0.269 e. The van der Waals surface area contributed by atoms with Gasteiger partial charge in [-0.1, -0.05) is 13.8 Å². The van der Waals surface area contributed by atoms with E-state index in [0.717, 1.165) is 18.0 Å². The Morgan fingerprint density at radius 1 is 1.46 bits per heavy atom. The van der Waals surface area contributed by atoms with Gasteiger partial charge in [-0.2, -0.15) is 17.7 Å². The number of nitrogens with zero attached hydrogens (tertiary/aromatic N) is 2. The van der Waals surface area contributed by atoms with Gasteiger partial charge in [0.2, 0.25) is 0 Å². The first kappa shape index (κ1) is 10.6. The topological polar surface area (TPSA) is 17.8 Å². The quantitative estimate of drug-likeness (QED) is 0.739. The van der Waals surface area contributed by atoms with Crippen LogP contribution in [0.25, 0.3) is 0 Å². The van der Waals surface area contributed by atoms with Gasteiger partial charge in [0, 0.05) is 12.2 Å². The average molecular weight is 198 g/mol. The molecule has 1 heterocycles. The van der Waals surface area contributed by atoms with Crippen molar-refractivity contribution in [3.05, 3.63) is 17.5 Å². The van der Waals surface area contributed by atoms with E-state index in [9.17, 15) is 0 Å². The highest BCUT2D eigenvalue weighted by Gasteiger charge is 2.17. The lowest BCUT2D eigenvalue weighted by molar-refractivity contribution is 0.329. The van der Waals surface area contributed by atoms with Crippen molar-refractivity contribution in [3.8, 4) is 0 Å². The molecule has 1 rings (SSSR count). The third-order valence-corrected chi connectivity index (χ3v) is 2.97. The maximum absolute atomic E-state index is 4.43. The molecule has 0 saturated carbocycles. The molecule has 0 spiro atoms. The molecule has 0 aromatic carbocycles. The van der Waals surface area contributed by atoms with Crippen LogP contribution >= 0.6 is 12.6 Å². The van der Waals surface area contributed by atoms with Gasteiger partial charge in [0.15, 0.2) is 0 Å². The first-order valence-electron chi connectivity index (χ1n) is 4.56. The van der Waals surface area contributed by atoms with Gasteiger partial charge >= 0.3 is 0 Å². The third kappa shape index (κ3) is 2.76. The number of thiol groups is 1. The van der Waals surface area contributed by atoms with Crippen molar-refractivity contribution in [2.75, 3.05) is 5.75 Å². The Morgan fingerprint density at radius 2 is 2.08 bits per heavy atom. The van der Waals surface area contributed by atoms with Crippen molar-refractivity contribution >= 4 is 12.6 Å². The first-order valence-corrected chi connectivity index (χ1v) is 5.20. The second kappa shape index (κ2) is 3.74. The Balaban J connectivity index is 2.79. The van der Waals surface area contributed by atoms with E-state index in [2.05, 4.69) is 49.2 Å². The van der Waals surface area contributed by atoms with Gasteiger partial charge in [-0.05, 0) is 31.1 Å². The van der Waals surface area contributed by atoms with Gasteiger partial charge in [0.25, 0.3) is 0 Å². The van der Waals surface area contributed by atoms with E-state index in [1.165, 1.54) is 5.69 Å². The molecule has 0 atom stereocenters. The molecule has 0 aliphatic carbocycles. The standard InChI is InChI=1S/C10H18N2S/c1-8-5-9(2)12(11-8)6-10(3,4)7-13/h5,13H,6-7H2,1-4H3. The fraction of sp³-hybridized carbons (Fsp3) is 0.700. The zero-order chi connectivity index (χ0) is 10.1. The molecular formula is C10H18N2S. The van der Waals surface area contributed by atoms with Gasteiger partial charge in [0.1, 0.15) is 0 Å². The highest BCUT2D eigenvalue weighted by molar-refractivity contribution is 7.80. The SMILES string of the molecule is Cc1cc(C)n(CC(C)(C)CS)n1. The molecule has 2 nitrogen and oxygen atoms in total. The van der Waals surface area contributed by atoms with Crippen molar-refractivity contribution in [3.63, 3.8) is 0 Å². The monoisotopic (exact) mass is 198 g/mol. The molecule has 0 aliphatic rings. The lowest BCUT2D eigenvalue weighted by atomic mass is 9.96. The molecule has 0 unspecified atom stereocenters. The Morgan fingerprint density at radius 3 is 2.46 bits per heavy atom. The summed E-state index contributed by atoms with van der Waals surface area (Å²) in [5, 5.41) is 4.43. The summed E-state index contributed by atoms with van der Waals surface area (Å²) >= 11 is 4.33. The Bertz CT molecular complexity index is 289. The van der Waals surface area contributed by atoms with Crippen LogP contribution in [0.1, 0.15) is 25.2 Å². The van der Waals surface area contributed by atoms with Crippen molar-refractivity contribution in [2.45, 2.75) is 34.2 Å². The summed E-state index contributed by atoms with van der Waals surface area (Å²) in [4.78, 5) is 0. The third-order valence-electron chi connectivity index (χ3n) is 2.11. The van der Waals surface area contributed by atoms with Gasteiger partial charge in [-0.25, -0.2) is 0 Å². The van der Waals surface area contributed by atoms with Crippen LogP contribution in [0.2, 0.25) is 0 Å². The molecule has 0 N–H and O–H groups in total. The molecule has 0 radical (unpaired) electrons. The molecular weight excluding hydrogens is 180 g/mol. The van der Waals surface area contributed by atoms with Crippen LogP contribution in [-0.2, 0) is 6.54 Å². The van der Waals surface area contributed by atoms with Crippen LogP contribution in [0.4, 0.5) is 0 Å². The van der Waals surface area contributed by atoms with E-state index >= 15 is 0 Å². The van der Waals surface area contributed by atoms with Gasteiger partial charge in [0.05, 0.1) is 5.69 Å². The molecule has 0 aliphatic heterocycles. The van der Waals surface area contributed by atoms with E-state index in [1.807, 2.05) is 6.92 Å². The zero-order valence-electron chi connectivity index (χ0n) is 8.83. The summed E-state index contributed by atoms with van der Waals surface area (Å²) in [5.74, 6) is 0.880. The van der Waals surface area contributed by atoms with E-state index in [-0.39, 0.29) is 5.41 Å². The van der Waals surface area contributed by atoms with Gasteiger partial charge < -0.3 is 0 Å². The Kier molecular flexibility index (Phi) is 3.06. The Labute approximate surface area is 85.7 Å². The summed E-state index contributed by atoms with van der Waals surface area (Å²) in [6, 6.07) is 2.11. The number of aryl methyl sites for hydroxylation is 2. The molecule has 0 fully saturated rings. The maximum atomic E-state index is 4.43. The predicted octanol–water partition coefficient (Wildman–Crippen LogP) is 2.46. The van der Waals surface area contributed by atoms with Crippen LogP contribution in [0.15, 0.2) is 6.07 Å². The van der Waals surface area contributed by atoms with Crippen molar-refractivity contribution in [2.24, 2.45) is 5.41 Å². The fourth-order valence-electron chi connectivity index (χ4n) is 1.29. The molecule has 1 aromatic heterocycles. The van der Waals surface area contributed by atoms with Gasteiger partial charge in [-0.15, -0.1) is 0 Å². The minimum absolute atomic E-state index is 0.215. The predicted molar refractivity (Wildman–Crippen MR) is 59.3 cm³/mol. The highest BCUT2D eigenvalue weighted by atomic mass is 32.1. The average Bonchev–Trinajstić information content (AvgIpc) is 2.30. The molecule has 0 bridgehead atoms. The normalized spacial score (nSPS) is 12.1. The maximum Gasteiger partial charge on any atom is 0.0596 e. The van der Waals surface area contributed by atoms with Crippen LogP contribution in [0, 0.1) is 19.3 Å². The molecule has 0 amide bonds. The van der Waals surface area contributed by atoms with Crippen LogP contribution in [0.5, 0.6) is 0 Å². The van der Waals surface area contributed by atoms with E-state index in [4.69, 9.17) is 0 Å². The smallest absolute Gasteiger partial charge is 0.0596 e. The van der Waals surface area contributed by atoms with Crippen LogP contribution in [0.3, 0.4) is 0 Å². The van der Waals surface area contributed by atoms with Crippen molar-refractivity contribution in [1.82, 2.24) is 9.78 Å². The minimum Gasteiger partial charge on any atom is -0.269 e. The summed E-state index contributed by atoms with van der Waals surface area (Å²) in [6.45, 7) is 9.47. The van der Waals surface area contributed by atoms with E-state index in [1.54, 1.807) is 0 Å². The lowest BCUT2D eigenvalue weighted by Gasteiger charge is -2.22. The molecule has 74 valence electrons. The number of aromatic nitrogens is 2. The number of hydrogen-bond acceptors (Lipinski definition) is 2.